The molecule has 2 unspecified atom stereocenters. The summed E-state index contributed by atoms with van der Waals surface area (Å²) in [6.45, 7) is 5.08. The van der Waals surface area contributed by atoms with Crippen LogP contribution in [0.4, 0.5) is 18.9 Å². The molecule has 0 fully saturated rings. The number of nitrogens with zero attached hydrogens (tertiary/aromatic N) is 1. The first-order valence-corrected chi connectivity index (χ1v) is 6.47. The van der Waals surface area contributed by atoms with E-state index >= 15 is 0 Å². The molecule has 1 aromatic rings. The van der Waals surface area contributed by atoms with Crippen molar-refractivity contribution in [3.63, 3.8) is 0 Å². The van der Waals surface area contributed by atoms with Crippen LogP contribution >= 0.6 is 0 Å². The molecule has 0 saturated carbocycles. The molecule has 0 aromatic heterocycles. The second kappa shape index (κ2) is 5.04. The minimum absolute atomic E-state index is 0.0303. The fraction of sp³-hybridized carbons (Fsp3) is 0.571. The highest BCUT2D eigenvalue weighted by Crippen LogP contribution is 2.41. The Labute approximate surface area is 110 Å². The molecule has 0 amide bonds. The van der Waals surface area contributed by atoms with E-state index in [9.17, 15) is 18.3 Å². The number of aliphatic hydroxyl groups is 1. The Morgan fingerprint density at radius 2 is 2.11 bits per heavy atom. The van der Waals surface area contributed by atoms with Gasteiger partial charge in [0.25, 0.3) is 0 Å². The van der Waals surface area contributed by atoms with Gasteiger partial charge in [-0.25, -0.2) is 0 Å². The van der Waals surface area contributed by atoms with Crippen LogP contribution in [0.5, 0.6) is 0 Å². The number of aliphatic hydroxyl groups excluding tert-OH is 1. The monoisotopic (exact) mass is 273 g/mol. The maximum atomic E-state index is 12.8. The van der Waals surface area contributed by atoms with Gasteiger partial charge in [0.2, 0.25) is 0 Å². The first-order valence-electron chi connectivity index (χ1n) is 6.47. The summed E-state index contributed by atoms with van der Waals surface area (Å²) >= 11 is 0. The average Bonchev–Trinajstić information content (AvgIpc) is 2.65. The van der Waals surface area contributed by atoms with E-state index in [0.717, 1.165) is 18.3 Å². The molecule has 0 saturated heterocycles. The molecule has 2 rings (SSSR count). The minimum Gasteiger partial charge on any atom is -0.393 e. The summed E-state index contributed by atoms with van der Waals surface area (Å²) < 4.78 is 38.3. The zero-order chi connectivity index (χ0) is 14.2. The first kappa shape index (κ1) is 14.2. The van der Waals surface area contributed by atoms with Crippen molar-refractivity contribution in [3.8, 4) is 0 Å². The highest BCUT2D eigenvalue weighted by Gasteiger charge is 2.35. The number of likely N-dealkylation sites (N-methyl/N-ethyl adjacent to an activating group) is 1. The molecule has 1 heterocycles. The van der Waals surface area contributed by atoms with Gasteiger partial charge < -0.3 is 10.0 Å². The number of hydrogen-bond acceptors (Lipinski definition) is 2. The van der Waals surface area contributed by atoms with E-state index in [1.807, 2.05) is 6.92 Å². The molecule has 19 heavy (non-hydrogen) atoms. The van der Waals surface area contributed by atoms with Crippen molar-refractivity contribution in [3.05, 3.63) is 29.3 Å². The molecular formula is C14H18F3NO. The Morgan fingerprint density at radius 1 is 1.42 bits per heavy atom. The van der Waals surface area contributed by atoms with Crippen LogP contribution in [0.15, 0.2) is 18.2 Å². The van der Waals surface area contributed by atoms with Gasteiger partial charge in [-0.1, -0.05) is 0 Å². The zero-order valence-electron chi connectivity index (χ0n) is 11.0. The van der Waals surface area contributed by atoms with Gasteiger partial charge in [0.05, 0.1) is 11.7 Å². The maximum Gasteiger partial charge on any atom is 0.416 e. The largest absolute Gasteiger partial charge is 0.416 e. The van der Waals surface area contributed by atoms with E-state index in [1.54, 1.807) is 13.0 Å². The summed E-state index contributed by atoms with van der Waals surface area (Å²) in [6.07, 6.45) is -4.33. The first-order chi connectivity index (χ1) is 8.82. The second-order valence-corrected chi connectivity index (χ2v) is 5.09. The molecule has 106 valence electrons. The zero-order valence-corrected chi connectivity index (χ0v) is 11.0. The predicted octanol–water partition coefficient (Wildman–Crippen LogP) is 3.40. The van der Waals surface area contributed by atoms with Gasteiger partial charge in [-0.05, 0) is 44.0 Å². The van der Waals surface area contributed by atoms with Crippen LogP contribution in [-0.2, 0) is 6.18 Å². The molecule has 2 atom stereocenters. The number of benzene rings is 1. The lowest BCUT2D eigenvalue weighted by Gasteiger charge is -2.17. The van der Waals surface area contributed by atoms with E-state index in [2.05, 4.69) is 4.90 Å². The van der Waals surface area contributed by atoms with Gasteiger partial charge >= 0.3 is 6.18 Å². The number of halogens is 3. The number of rotatable bonds is 3. The number of alkyl halides is 3. The average molecular weight is 273 g/mol. The second-order valence-electron chi connectivity index (χ2n) is 5.09. The van der Waals surface area contributed by atoms with Gasteiger partial charge in [-0.2, -0.15) is 13.2 Å². The van der Waals surface area contributed by atoms with Crippen molar-refractivity contribution in [2.45, 2.75) is 38.5 Å². The molecule has 0 aliphatic carbocycles. The maximum absolute atomic E-state index is 12.8. The van der Waals surface area contributed by atoms with Crippen molar-refractivity contribution in [2.24, 2.45) is 0 Å². The highest BCUT2D eigenvalue weighted by atomic mass is 19.4. The molecule has 2 nitrogen and oxygen atoms in total. The molecule has 5 heteroatoms. The fourth-order valence-electron chi connectivity index (χ4n) is 2.72. The van der Waals surface area contributed by atoms with Crippen LogP contribution in [0.25, 0.3) is 0 Å². The smallest absolute Gasteiger partial charge is 0.393 e. The van der Waals surface area contributed by atoms with Crippen molar-refractivity contribution in [1.29, 1.82) is 0 Å². The predicted molar refractivity (Wildman–Crippen MR) is 68.4 cm³/mol. The molecule has 0 bridgehead atoms. The van der Waals surface area contributed by atoms with Crippen LogP contribution in [0.2, 0.25) is 0 Å². The van der Waals surface area contributed by atoms with Crippen molar-refractivity contribution < 1.29 is 18.3 Å². The summed E-state index contributed by atoms with van der Waals surface area (Å²) in [5.74, 6) is -0.0303. The van der Waals surface area contributed by atoms with Gasteiger partial charge in [-0.3, -0.25) is 0 Å². The van der Waals surface area contributed by atoms with E-state index < -0.39 is 17.8 Å². The lowest BCUT2D eigenvalue weighted by molar-refractivity contribution is -0.137. The van der Waals surface area contributed by atoms with Gasteiger partial charge in [0, 0.05) is 24.7 Å². The van der Waals surface area contributed by atoms with Gasteiger partial charge in [-0.15, -0.1) is 0 Å². The number of fused-ring (bicyclic) bond motifs is 1. The molecular weight excluding hydrogens is 255 g/mol. The lowest BCUT2D eigenvalue weighted by Crippen LogP contribution is -2.22. The van der Waals surface area contributed by atoms with E-state index in [1.165, 1.54) is 6.07 Å². The van der Waals surface area contributed by atoms with Gasteiger partial charge in [0.15, 0.2) is 0 Å². The number of anilines is 1. The molecule has 0 radical (unpaired) electrons. The molecule has 1 aliphatic rings. The Kier molecular flexibility index (Phi) is 3.76. The summed E-state index contributed by atoms with van der Waals surface area (Å²) in [7, 11) is 0. The van der Waals surface area contributed by atoms with Crippen molar-refractivity contribution in [1.82, 2.24) is 0 Å². The minimum atomic E-state index is -4.32. The number of hydrogen-bond donors (Lipinski definition) is 1. The summed E-state index contributed by atoms with van der Waals surface area (Å²) in [6, 6.07) is 3.91. The summed E-state index contributed by atoms with van der Waals surface area (Å²) in [4.78, 5) is 2.06. The van der Waals surface area contributed by atoms with E-state index in [4.69, 9.17) is 0 Å². The standard InChI is InChI=1S/C14H18F3NO/c1-3-18-8-10(6-9(2)19)12-7-11(14(15,16)17)4-5-13(12)18/h4-5,7,9-10,19H,3,6,8H2,1-2H3. The summed E-state index contributed by atoms with van der Waals surface area (Å²) in [5, 5.41) is 9.49. The Bertz CT molecular complexity index is 456. The third-order valence-corrected chi connectivity index (χ3v) is 3.58. The van der Waals surface area contributed by atoms with Crippen molar-refractivity contribution in [2.75, 3.05) is 18.0 Å². The van der Waals surface area contributed by atoms with Crippen molar-refractivity contribution >= 4 is 5.69 Å². The highest BCUT2D eigenvalue weighted by molar-refractivity contribution is 5.61. The Balaban J connectivity index is 2.39. The van der Waals surface area contributed by atoms with Crippen LogP contribution < -0.4 is 4.90 Å². The van der Waals surface area contributed by atoms with E-state index in [0.29, 0.717) is 18.5 Å². The van der Waals surface area contributed by atoms with Gasteiger partial charge in [0.1, 0.15) is 0 Å². The topological polar surface area (TPSA) is 23.5 Å². The lowest BCUT2D eigenvalue weighted by atomic mass is 9.94. The molecule has 0 spiro atoms. The summed E-state index contributed by atoms with van der Waals surface area (Å²) in [5.41, 5.74) is 0.957. The van der Waals surface area contributed by atoms with E-state index in [-0.39, 0.29) is 5.92 Å². The third-order valence-electron chi connectivity index (χ3n) is 3.58. The van der Waals surface area contributed by atoms with Crippen LogP contribution in [-0.4, -0.2) is 24.3 Å². The van der Waals surface area contributed by atoms with Crippen LogP contribution in [0, 0.1) is 0 Å². The Hall–Kier alpha value is -1.23. The Morgan fingerprint density at radius 3 is 2.63 bits per heavy atom. The van der Waals surface area contributed by atoms with Crippen LogP contribution in [0.3, 0.4) is 0 Å². The third kappa shape index (κ3) is 2.86. The fourth-order valence-corrected chi connectivity index (χ4v) is 2.72. The normalized spacial score (nSPS) is 20.5. The van der Waals surface area contributed by atoms with Crippen LogP contribution in [0.1, 0.15) is 37.3 Å². The molecule has 1 aromatic carbocycles. The molecule has 1 N–H and O–H groups in total. The SMILES string of the molecule is CCN1CC(CC(C)O)c2cc(C(F)(F)F)ccc21. The molecule has 1 aliphatic heterocycles. The quantitative estimate of drug-likeness (QED) is 0.912.